The molecule has 5 heteroatoms. The van der Waals surface area contributed by atoms with Crippen LogP contribution < -0.4 is 10.1 Å². The van der Waals surface area contributed by atoms with E-state index in [0.29, 0.717) is 31.2 Å². The second-order valence-corrected chi connectivity index (χ2v) is 7.76. The highest BCUT2D eigenvalue weighted by Crippen LogP contribution is 2.36. The number of fused-ring (bicyclic) bond motifs is 1. The molecule has 0 unspecified atom stereocenters. The first kappa shape index (κ1) is 19.4. The minimum atomic E-state index is -0.167. The van der Waals surface area contributed by atoms with E-state index in [-0.39, 0.29) is 5.82 Å². The summed E-state index contributed by atoms with van der Waals surface area (Å²) in [5.41, 5.74) is 2.53. The Morgan fingerprint density at radius 1 is 1.07 bits per heavy atom. The van der Waals surface area contributed by atoms with E-state index in [2.05, 4.69) is 22.3 Å². The van der Waals surface area contributed by atoms with Crippen LogP contribution in [0.4, 0.5) is 4.39 Å². The van der Waals surface area contributed by atoms with E-state index >= 15 is 0 Å². The Kier molecular flexibility index (Phi) is 6.25. The van der Waals surface area contributed by atoms with Gasteiger partial charge in [-0.25, -0.2) is 4.39 Å². The van der Waals surface area contributed by atoms with Gasteiger partial charge >= 0.3 is 0 Å². The maximum absolute atomic E-state index is 13.4. The summed E-state index contributed by atoms with van der Waals surface area (Å²) in [7, 11) is 1.68. The summed E-state index contributed by atoms with van der Waals surface area (Å²) in [6, 6.07) is 16.4. The number of nitrogens with zero attached hydrogens (tertiary/aromatic N) is 1. The van der Waals surface area contributed by atoms with E-state index < -0.39 is 0 Å². The number of rotatable bonds is 7. The lowest BCUT2D eigenvalue weighted by Crippen LogP contribution is -2.49. The summed E-state index contributed by atoms with van der Waals surface area (Å²) in [5, 5.41) is 3.71. The first-order valence-corrected chi connectivity index (χ1v) is 10.2. The smallest absolute Gasteiger partial charge is 0.123 e. The van der Waals surface area contributed by atoms with Gasteiger partial charge in [-0.15, -0.1) is 0 Å². The van der Waals surface area contributed by atoms with E-state index in [1.54, 1.807) is 19.2 Å². The van der Waals surface area contributed by atoms with E-state index in [1.807, 2.05) is 24.3 Å². The average Bonchev–Trinajstić information content (AvgIpc) is 3.15. The van der Waals surface area contributed by atoms with Gasteiger partial charge in [0.25, 0.3) is 0 Å². The molecule has 2 aromatic rings. The fourth-order valence-corrected chi connectivity index (χ4v) is 4.62. The molecule has 4 rings (SSSR count). The average molecular weight is 384 g/mol. The fraction of sp³-hybridized carbons (Fsp3) is 0.478. The van der Waals surface area contributed by atoms with Crippen molar-refractivity contribution in [3.63, 3.8) is 0 Å². The van der Waals surface area contributed by atoms with Crippen LogP contribution in [0.3, 0.4) is 0 Å². The molecule has 0 bridgehead atoms. The molecule has 2 heterocycles. The first-order chi connectivity index (χ1) is 13.7. The lowest BCUT2D eigenvalue weighted by Gasteiger charge is -2.40. The van der Waals surface area contributed by atoms with Crippen molar-refractivity contribution in [2.24, 2.45) is 0 Å². The van der Waals surface area contributed by atoms with Crippen molar-refractivity contribution >= 4 is 0 Å². The molecular formula is C23H29FN2O2. The molecule has 2 saturated heterocycles. The number of ether oxygens (including phenoxy) is 2. The molecule has 2 aromatic carbocycles. The topological polar surface area (TPSA) is 33.7 Å². The summed E-state index contributed by atoms with van der Waals surface area (Å²) in [4.78, 5) is 2.60. The van der Waals surface area contributed by atoms with Crippen LogP contribution in [0.2, 0.25) is 0 Å². The van der Waals surface area contributed by atoms with Gasteiger partial charge in [-0.1, -0.05) is 24.3 Å². The van der Waals surface area contributed by atoms with Crippen LogP contribution in [0.5, 0.6) is 5.75 Å². The summed E-state index contributed by atoms with van der Waals surface area (Å²) in [5.74, 6) is 1.12. The predicted octanol–water partition coefficient (Wildman–Crippen LogP) is 3.57. The van der Waals surface area contributed by atoms with Crippen LogP contribution in [0.15, 0.2) is 48.5 Å². The second kappa shape index (κ2) is 9.03. The molecule has 28 heavy (non-hydrogen) atoms. The van der Waals surface area contributed by atoms with Crippen molar-refractivity contribution < 1.29 is 13.9 Å². The molecule has 0 spiro atoms. The highest BCUT2D eigenvalue weighted by Gasteiger charge is 2.42. The van der Waals surface area contributed by atoms with Gasteiger partial charge in [-0.2, -0.15) is 0 Å². The Balaban J connectivity index is 1.45. The minimum Gasteiger partial charge on any atom is -0.491 e. The zero-order chi connectivity index (χ0) is 19.3. The third-order valence-electron chi connectivity index (χ3n) is 5.97. The molecule has 4 nitrogen and oxygen atoms in total. The third kappa shape index (κ3) is 4.37. The van der Waals surface area contributed by atoms with Crippen molar-refractivity contribution in [2.45, 2.75) is 37.4 Å². The van der Waals surface area contributed by atoms with Gasteiger partial charge in [0.15, 0.2) is 0 Å². The van der Waals surface area contributed by atoms with E-state index in [0.717, 1.165) is 25.4 Å². The SMILES string of the molecule is COCCOc1ccc(CN2CCC[C@H]3NC[C@H](c4ccc(F)cc4)[C@H]32)cc1. The molecule has 3 atom stereocenters. The summed E-state index contributed by atoms with van der Waals surface area (Å²) >= 11 is 0. The third-order valence-corrected chi connectivity index (χ3v) is 5.97. The van der Waals surface area contributed by atoms with Crippen molar-refractivity contribution in [3.8, 4) is 5.75 Å². The van der Waals surface area contributed by atoms with Gasteiger partial charge in [0.1, 0.15) is 18.2 Å². The molecule has 2 aliphatic heterocycles. The van der Waals surface area contributed by atoms with Crippen LogP contribution in [-0.2, 0) is 11.3 Å². The van der Waals surface area contributed by atoms with Gasteiger partial charge in [0, 0.05) is 38.2 Å². The maximum atomic E-state index is 13.4. The van der Waals surface area contributed by atoms with E-state index in [9.17, 15) is 4.39 Å². The normalized spacial score (nSPS) is 24.9. The zero-order valence-electron chi connectivity index (χ0n) is 16.4. The lowest BCUT2D eigenvalue weighted by atomic mass is 9.86. The molecule has 0 radical (unpaired) electrons. The zero-order valence-corrected chi connectivity index (χ0v) is 16.4. The van der Waals surface area contributed by atoms with Crippen molar-refractivity contribution in [1.29, 1.82) is 0 Å². The van der Waals surface area contributed by atoms with Gasteiger partial charge < -0.3 is 14.8 Å². The summed E-state index contributed by atoms with van der Waals surface area (Å²) in [6.45, 7) is 4.16. The fourth-order valence-electron chi connectivity index (χ4n) is 4.62. The van der Waals surface area contributed by atoms with Gasteiger partial charge in [-0.05, 0) is 54.8 Å². The highest BCUT2D eigenvalue weighted by molar-refractivity contribution is 5.29. The minimum absolute atomic E-state index is 0.167. The van der Waals surface area contributed by atoms with Gasteiger partial charge in [0.2, 0.25) is 0 Å². The van der Waals surface area contributed by atoms with Gasteiger partial charge in [-0.3, -0.25) is 4.90 Å². The Labute approximate surface area is 166 Å². The van der Waals surface area contributed by atoms with Crippen molar-refractivity contribution in [1.82, 2.24) is 10.2 Å². The van der Waals surface area contributed by atoms with Crippen LogP contribution in [-0.4, -0.2) is 50.4 Å². The molecule has 0 saturated carbocycles. The van der Waals surface area contributed by atoms with Crippen LogP contribution in [0.1, 0.15) is 29.9 Å². The number of hydrogen-bond acceptors (Lipinski definition) is 4. The Bertz CT molecular complexity index is 750. The second-order valence-electron chi connectivity index (χ2n) is 7.76. The Hall–Kier alpha value is -1.95. The Morgan fingerprint density at radius 3 is 2.61 bits per heavy atom. The molecule has 1 N–H and O–H groups in total. The van der Waals surface area contributed by atoms with Crippen LogP contribution in [0, 0.1) is 5.82 Å². The van der Waals surface area contributed by atoms with Crippen LogP contribution >= 0.6 is 0 Å². The maximum Gasteiger partial charge on any atom is 0.123 e. The monoisotopic (exact) mass is 384 g/mol. The number of likely N-dealkylation sites (tertiary alicyclic amines) is 1. The summed E-state index contributed by atoms with van der Waals surface area (Å²) in [6.07, 6.45) is 2.42. The molecule has 2 fully saturated rings. The molecule has 150 valence electrons. The standard InChI is InChI=1S/C23H29FN2O2/c1-27-13-14-28-20-10-4-17(5-11-20)16-26-12-2-3-22-23(26)21(15-25-22)18-6-8-19(24)9-7-18/h4-11,21-23,25H,2-3,12-16H2,1H3/t21-,22-,23-/m1/s1. The molecule has 0 amide bonds. The highest BCUT2D eigenvalue weighted by atomic mass is 19.1. The molecule has 0 aliphatic carbocycles. The largest absolute Gasteiger partial charge is 0.491 e. The predicted molar refractivity (Wildman–Crippen MR) is 108 cm³/mol. The number of methoxy groups -OCH3 is 1. The molecule has 0 aromatic heterocycles. The van der Waals surface area contributed by atoms with E-state index in [1.165, 1.54) is 24.0 Å². The summed E-state index contributed by atoms with van der Waals surface area (Å²) < 4.78 is 24.0. The van der Waals surface area contributed by atoms with Crippen molar-refractivity contribution in [2.75, 3.05) is 33.4 Å². The number of halogens is 1. The number of piperidine rings is 1. The molecular weight excluding hydrogens is 355 g/mol. The number of benzene rings is 2. The lowest BCUT2D eigenvalue weighted by molar-refractivity contribution is 0.120. The Morgan fingerprint density at radius 2 is 1.86 bits per heavy atom. The first-order valence-electron chi connectivity index (χ1n) is 10.2. The van der Waals surface area contributed by atoms with E-state index in [4.69, 9.17) is 9.47 Å². The molecule has 2 aliphatic rings. The quantitative estimate of drug-likeness (QED) is 0.740. The van der Waals surface area contributed by atoms with Gasteiger partial charge in [0.05, 0.1) is 6.61 Å². The number of nitrogens with one attached hydrogen (secondary N) is 1. The number of hydrogen-bond donors (Lipinski definition) is 1. The van der Waals surface area contributed by atoms with Crippen molar-refractivity contribution in [3.05, 3.63) is 65.5 Å². The van der Waals surface area contributed by atoms with Crippen LogP contribution in [0.25, 0.3) is 0 Å².